The summed E-state index contributed by atoms with van der Waals surface area (Å²) in [6.07, 6.45) is 0. The number of benzene rings is 2. The topological polar surface area (TPSA) is 37.9 Å². The van der Waals surface area contributed by atoms with Gasteiger partial charge in [0.2, 0.25) is 0 Å². The van der Waals surface area contributed by atoms with Crippen molar-refractivity contribution in [3.05, 3.63) is 45.9 Å². The molecule has 96 valence electrons. The van der Waals surface area contributed by atoms with E-state index in [0.717, 1.165) is 26.9 Å². The van der Waals surface area contributed by atoms with E-state index in [1.807, 2.05) is 30.3 Å². The number of methoxy groups -OCH3 is 1. The Hall–Kier alpha value is -1.52. The minimum absolute atomic E-state index is 0.576. The molecule has 0 unspecified atom stereocenters. The lowest BCUT2D eigenvalue weighted by Crippen LogP contribution is -1.82. The van der Waals surface area contributed by atoms with Gasteiger partial charge in [0.05, 0.1) is 17.6 Å². The van der Waals surface area contributed by atoms with Gasteiger partial charge in [-0.05, 0) is 12.1 Å². The van der Waals surface area contributed by atoms with E-state index in [1.165, 1.54) is 0 Å². The molecular formula is C14H10BrClN2O. The molecule has 2 aromatic carbocycles. The monoisotopic (exact) mass is 336 g/mol. The van der Waals surface area contributed by atoms with Crippen molar-refractivity contribution in [1.82, 2.24) is 9.97 Å². The number of nitrogens with zero attached hydrogens (tertiary/aromatic N) is 1. The van der Waals surface area contributed by atoms with Crippen molar-refractivity contribution in [2.75, 3.05) is 7.11 Å². The van der Waals surface area contributed by atoms with Gasteiger partial charge in [0.1, 0.15) is 17.1 Å². The van der Waals surface area contributed by atoms with Crippen LogP contribution < -0.4 is 4.74 Å². The number of aromatic amines is 1. The predicted octanol–water partition coefficient (Wildman–Crippen LogP) is 4.65. The lowest BCUT2D eigenvalue weighted by molar-refractivity contribution is 0.415. The van der Waals surface area contributed by atoms with Crippen molar-refractivity contribution in [1.29, 1.82) is 0 Å². The normalized spacial score (nSPS) is 10.9. The van der Waals surface area contributed by atoms with Gasteiger partial charge in [-0.25, -0.2) is 4.98 Å². The zero-order chi connectivity index (χ0) is 13.4. The first-order chi connectivity index (χ1) is 9.17. The number of ether oxygens (including phenoxy) is 1. The molecule has 1 heterocycles. The summed E-state index contributed by atoms with van der Waals surface area (Å²) >= 11 is 9.65. The number of hydrogen-bond acceptors (Lipinski definition) is 2. The zero-order valence-electron chi connectivity index (χ0n) is 10.1. The van der Waals surface area contributed by atoms with E-state index < -0.39 is 0 Å². The number of nitrogens with one attached hydrogen (secondary N) is 1. The zero-order valence-corrected chi connectivity index (χ0v) is 12.4. The molecule has 5 heteroatoms. The second-order valence-electron chi connectivity index (χ2n) is 4.10. The number of H-pyrrole nitrogens is 1. The maximum absolute atomic E-state index is 6.20. The van der Waals surface area contributed by atoms with Crippen LogP contribution in [0, 0.1) is 0 Å². The number of hydrogen-bond donors (Lipinski definition) is 1. The molecule has 0 saturated carbocycles. The fourth-order valence-electron chi connectivity index (χ4n) is 1.94. The molecule has 1 N–H and O–H groups in total. The largest absolute Gasteiger partial charge is 0.497 e. The molecule has 1 aromatic heterocycles. The third kappa shape index (κ3) is 2.33. The highest BCUT2D eigenvalue weighted by Crippen LogP contribution is 2.30. The summed E-state index contributed by atoms with van der Waals surface area (Å²) < 4.78 is 6.21. The summed E-state index contributed by atoms with van der Waals surface area (Å²) in [7, 11) is 1.61. The standard InChI is InChI=1S/C14H10BrClN2O/c1-19-10-6-11(16)13-12(7-10)17-14(18-13)8-3-2-4-9(15)5-8/h2-7H,1H3,(H,17,18). The van der Waals surface area contributed by atoms with E-state index in [1.54, 1.807) is 13.2 Å². The highest BCUT2D eigenvalue weighted by molar-refractivity contribution is 9.10. The first-order valence-electron chi connectivity index (χ1n) is 5.66. The van der Waals surface area contributed by atoms with Crippen LogP contribution in [0.15, 0.2) is 40.9 Å². The fourth-order valence-corrected chi connectivity index (χ4v) is 2.59. The fraction of sp³-hybridized carbons (Fsp3) is 0.0714. The van der Waals surface area contributed by atoms with Crippen molar-refractivity contribution in [3.8, 4) is 17.1 Å². The third-order valence-electron chi connectivity index (χ3n) is 2.85. The lowest BCUT2D eigenvalue weighted by atomic mass is 10.2. The van der Waals surface area contributed by atoms with E-state index in [0.29, 0.717) is 10.8 Å². The van der Waals surface area contributed by atoms with E-state index >= 15 is 0 Å². The van der Waals surface area contributed by atoms with Gasteiger partial charge in [-0.15, -0.1) is 0 Å². The van der Waals surface area contributed by atoms with Gasteiger partial charge < -0.3 is 9.72 Å². The van der Waals surface area contributed by atoms with Gasteiger partial charge in [0.15, 0.2) is 0 Å². The Kier molecular flexibility index (Phi) is 3.21. The molecule has 0 bridgehead atoms. The molecule has 0 atom stereocenters. The lowest BCUT2D eigenvalue weighted by Gasteiger charge is -1.99. The summed E-state index contributed by atoms with van der Waals surface area (Å²) in [4.78, 5) is 7.79. The predicted molar refractivity (Wildman–Crippen MR) is 80.8 cm³/mol. The van der Waals surface area contributed by atoms with Gasteiger partial charge in [0.25, 0.3) is 0 Å². The van der Waals surface area contributed by atoms with Gasteiger partial charge in [0, 0.05) is 22.2 Å². The molecular weight excluding hydrogens is 328 g/mol. The number of fused-ring (bicyclic) bond motifs is 1. The van der Waals surface area contributed by atoms with Crippen LogP contribution in [0.2, 0.25) is 5.02 Å². The summed E-state index contributed by atoms with van der Waals surface area (Å²) in [5.74, 6) is 1.49. The summed E-state index contributed by atoms with van der Waals surface area (Å²) in [6.45, 7) is 0. The van der Waals surface area contributed by atoms with Crippen LogP contribution >= 0.6 is 27.5 Å². The average Bonchev–Trinajstić information content (AvgIpc) is 2.83. The molecule has 0 radical (unpaired) electrons. The smallest absolute Gasteiger partial charge is 0.138 e. The Balaban J connectivity index is 2.19. The first-order valence-corrected chi connectivity index (χ1v) is 6.83. The van der Waals surface area contributed by atoms with E-state index in [9.17, 15) is 0 Å². The van der Waals surface area contributed by atoms with Crippen LogP contribution in [0.3, 0.4) is 0 Å². The Morgan fingerprint density at radius 2 is 2.11 bits per heavy atom. The summed E-state index contributed by atoms with van der Waals surface area (Å²) in [5.41, 5.74) is 2.61. The van der Waals surface area contributed by atoms with Gasteiger partial charge in [-0.2, -0.15) is 0 Å². The molecule has 0 amide bonds. The number of imidazole rings is 1. The van der Waals surface area contributed by atoms with Crippen LogP contribution in [0.4, 0.5) is 0 Å². The molecule has 3 nitrogen and oxygen atoms in total. The van der Waals surface area contributed by atoms with Gasteiger partial charge in [-0.1, -0.05) is 39.7 Å². The van der Waals surface area contributed by atoms with Crippen molar-refractivity contribution < 1.29 is 4.74 Å². The minimum Gasteiger partial charge on any atom is -0.497 e. The van der Waals surface area contributed by atoms with Crippen LogP contribution in [-0.2, 0) is 0 Å². The number of rotatable bonds is 2. The second kappa shape index (κ2) is 4.87. The Labute approximate surface area is 123 Å². The molecule has 0 fully saturated rings. The quantitative estimate of drug-likeness (QED) is 0.739. The van der Waals surface area contributed by atoms with E-state index in [-0.39, 0.29) is 0 Å². The highest BCUT2D eigenvalue weighted by atomic mass is 79.9. The van der Waals surface area contributed by atoms with Crippen LogP contribution in [0.25, 0.3) is 22.4 Å². The molecule has 0 saturated heterocycles. The van der Waals surface area contributed by atoms with Gasteiger partial charge in [-0.3, -0.25) is 0 Å². The maximum atomic E-state index is 6.20. The molecule has 0 aliphatic rings. The van der Waals surface area contributed by atoms with Crippen LogP contribution in [0.5, 0.6) is 5.75 Å². The summed E-state index contributed by atoms with van der Waals surface area (Å²) in [5, 5.41) is 0.576. The SMILES string of the molecule is COc1cc(Cl)c2nc(-c3cccc(Br)c3)[nH]c2c1. The van der Waals surface area contributed by atoms with E-state index in [4.69, 9.17) is 16.3 Å². The number of halogens is 2. The maximum Gasteiger partial charge on any atom is 0.138 e. The van der Waals surface area contributed by atoms with E-state index in [2.05, 4.69) is 25.9 Å². The van der Waals surface area contributed by atoms with Gasteiger partial charge >= 0.3 is 0 Å². The molecule has 3 aromatic rings. The summed E-state index contributed by atoms with van der Waals surface area (Å²) in [6, 6.07) is 11.6. The molecule has 3 rings (SSSR count). The Bertz CT molecular complexity index is 754. The average molecular weight is 338 g/mol. The number of aromatic nitrogens is 2. The molecule has 0 spiro atoms. The Morgan fingerprint density at radius 3 is 2.84 bits per heavy atom. The highest BCUT2D eigenvalue weighted by Gasteiger charge is 2.10. The van der Waals surface area contributed by atoms with Crippen LogP contribution in [-0.4, -0.2) is 17.1 Å². The van der Waals surface area contributed by atoms with Crippen LogP contribution in [0.1, 0.15) is 0 Å². The first kappa shape index (κ1) is 12.5. The van der Waals surface area contributed by atoms with Crippen molar-refractivity contribution in [2.45, 2.75) is 0 Å². The molecule has 19 heavy (non-hydrogen) atoms. The van der Waals surface area contributed by atoms with Crippen molar-refractivity contribution >= 4 is 38.6 Å². The molecule has 0 aliphatic heterocycles. The van der Waals surface area contributed by atoms with Crippen molar-refractivity contribution in [3.63, 3.8) is 0 Å². The molecule has 0 aliphatic carbocycles. The third-order valence-corrected chi connectivity index (χ3v) is 3.63. The Morgan fingerprint density at radius 1 is 1.26 bits per heavy atom. The van der Waals surface area contributed by atoms with Crippen molar-refractivity contribution in [2.24, 2.45) is 0 Å². The minimum atomic E-state index is 0.576. The second-order valence-corrected chi connectivity index (χ2v) is 5.42.